The summed E-state index contributed by atoms with van der Waals surface area (Å²) >= 11 is 0. The Balaban J connectivity index is 3.40. The first-order valence-electron chi connectivity index (χ1n) is 36.4. The van der Waals surface area contributed by atoms with E-state index >= 15 is 0 Å². The minimum atomic E-state index is -0.670. The first kappa shape index (κ1) is 77.6. The van der Waals surface area contributed by atoms with Crippen molar-refractivity contribution in [3.8, 4) is 0 Å². The number of rotatable bonds is 69. The molecule has 0 saturated heterocycles. The highest BCUT2D eigenvalue weighted by atomic mass is 16.5. The average Bonchev–Trinajstić information content (AvgIpc) is 3.45. The van der Waals surface area contributed by atoms with Gasteiger partial charge in [-0.2, -0.15) is 0 Å². The number of ether oxygens (including phenoxy) is 1. The van der Waals surface area contributed by atoms with Crippen LogP contribution in [0.1, 0.15) is 418 Å². The maximum absolute atomic E-state index is 12.6. The Morgan fingerprint density at radius 3 is 0.899 bits per heavy atom. The van der Waals surface area contributed by atoms with E-state index in [0.717, 1.165) is 38.5 Å². The van der Waals surface area contributed by atoms with Gasteiger partial charge < -0.3 is 20.3 Å². The molecule has 0 aromatic carbocycles. The number of esters is 1. The van der Waals surface area contributed by atoms with Gasteiger partial charge in [0.1, 0.15) is 0 Å². The van der Waals surface area contributed by atoms with Crippen molar-refractivity contribution in [1.29, 1.82) is 0 Å². The molecule has 0 aliphatic carbocycles. The van der Waals surface area contributed by atoms with E-state index in [9.17, 15) is 19.8 Å². The predicted molar refractivity (Wildman–Crippen MR) is 347 cm³/mol. The van der Waals surface area contributed by atoms with Gasteiger partial charge in [0.2, 0.25) is 5.91 Å². The molecule has 0 heterocycles. The number of aliphatic hydroxyl groups excluding tert-OH is 2. The molecule has 3 N–H and O–H groups in total. The third kappa shape index (κ3) is 65.6. The second-order valence-electron chi connectivity index (χ2n) is 25.3. The molecule has 0 radical (unpaired) electrons. The molecule has 470 valence electrons. The second kappa shape index (κ2) is 69.1. The van der Waals surface area contributed by atoms with Gasteiger partial charge in [-0.1, -0.05) is 366 Å². The number of allylic oxidation sites excluding steroid dienone is 2. The Morgan fingerprint density at radius 1 is 0.342 bits per heavy atom. The first-order valence-corrected chi connectivity index (χ1v) is 36.4. The van der Waals surface area contributed by atoms with E-state index in [-0.39, 0.29) is 18.5 Å². The van der Waals surface area contributed by atoms with Crippen LogP contribution in [0.4, 0.5) is 0 Å². The van der Waals surface area contributed by atoms with Crippen molar-refractivity contribution in [3.63, 3.8) is 0 Å². The minimum absolute atomic E-state index is 0.0148. The highest BCUT2D eigenvalue weighted by molar-refractivity contribution is 5.76. The molecule has 6 nitrogen and oxygen atoms in total. The van der Waals surface area contributed by atoms with Crippen LogP contribution in [-0.4, -0.2) is 47.4 Å². The van der Waals surface area contributed by atoms with Gasteiger partial charge in [-0.3, -0.25) is 9.59 Å². The molecule has 6 heteroatoms. The van der Waals surface area contributed by atoms with Gasteiger partial charge in [-0.05, 0) is 51.4 Å². The van der Waals surface area contributed by atoms with Crippen LogP contribution < -0.4 is 5.32 Å². The van der Waals surface area contributed by atoms with Crippen LogP contribution >= 0.6 is 0 Å². The lowest BCUT2D eigenvalue weighted by molar-refractivity contribution is -0.143. The smallest absolute Gasteiger partial charge is 0.305 e. The molecule has 0 bridgehead atoms. The molecule has 0 saturated carbocycles. The van der Waals surface area contributed by atoms with Crippen molar-refractivity contribution < 1.29 is 24.5 Å². The van der Waals surface area contributed by atoms with E-state index in [1.165, 1.54) is 347 Å². The standard InChI is InChI=1S/C73H143NO5/c1-3-5-7-9-11-13-15-17-19-21-22-23-24-25-28-31-34-37-41-45-49-53-57-61-65-71(76)70(69-75)74-72(77)66-62-58-54-50-46-42-38-35-32-29-26-27-30-33-36-40-44-48-52-56-60-64-68-79-73(78)67-63-59-55-51-47-43-39-20-18-16-14-12-10-8-6-4-2/h29,32,70-71,75-76H,3-28,30-31,33-69H2,1-2H3,(H,74,77)/b32-29-. The molecule has 2 unspecified atom stereocenters. The number of unbranched alkanes of at least 4 members (excludes halogenated alkanes) is 56. The molecule has 79 heavy (non-hydrogen) atoms. The predicted octanol–water partition coefficient (Wildman–Crippen LogP) is 23.5. The van der Waals surface area contributed by atoms with Crippen molar-refractivity contribution in [1.82, 2.24) is 5.32 Å². The van der Waals surface area contributed by atoms with Crippen molar-refractivity contribution in [3.05, 3.63) is 12.2 Å². The summed E-state index contributed by atoms with van der Waals surface area (Å²) in [5.74, 6) is -0.0217. The zero-order chi connectivity index (χ0) is 57.1. The number of carbonyl (C=O) groups is 2. The van der Waals surface area contributed by atoms with Gasteiger partial charge >= 0.3 is 5.97 Å². The Hall–Kier alpha value is -1.40. The van der Waals surface area contributed by atoms with Crippen LogP contribution in [0.3, 0.4) is 0 Å². The summed E-state index contributed by atoms with van der Waals surface area (Å²) in [6.45, 7) is 5.00. The van der Waals surface area contributed by atoms with Crippen molar-refractivity contribution in [2.75, 3.05) is 13.2 Å². The summed E-state index contributed by atoms with van der Waals surface area (Å²) in [6.07, 6.45) is 85.5. The Labute approximate surface area is 495 Å². The molecule has 0 spiro atoms. The number of amides is 1. The molecule has 2 atom stereocenters. The monoisotopic (exact) mass is 1110 g/mol. The SMILES string of the molecule is CCCCCCCCCCCCCCCCCCCCCCCCCCC(O)C(CO)NC(=O)CCCCCCCCC/C=C\CCCCCCCCCCCCCOC(=O)CCCCCCCCCCCCCCCCCC. The van der Waals surface area contributed by atoms with Crippen LogP contribution in [0.2, 0.25) is 0 Å². The molecule has 0 aromatic heterocycles. The normalized spacial score (nSPS) is 12.5. The van der Waals surface area contributed by atoms with E-state index < -0.39 is 12.1 Å². The molecular formula is C73H143NO5. The van der Waals surface area contributed by atoms with Crippen molar-refractivity contribution in [2.24, 2.45) is 0 Å². The zero-order valence-electron chi connectivity index (χ0n) is 53.9. The zero-order valence-corrected chi connectivity index (χ0v) is 53.9. The van der Waals surface area contributed by atoms with E-state index in [1.807, 2.05) is 0 Å². The molecular weight excluding hydrogens is 971 g/mol. The Morgan fingerprint density at radius 2 is 0.595 bits per heavy atom. The topological polar surface area (TPSA) is 95.9 Å². The number of hydrogen-bond acceptors (Lipinski definition) is 5. The largest absolute Gasteiger partial charge is 0.466 e. The summed E-state index contributed by atoms with van der Waals surface area (Å²) in [7, 11) is 0. The number of aliphatic hydroxyl groups is 2. The molecule has 0 fully saturated rings. The van der Waals surface area contributed by atoms with Crippen LogP contribution in [0.5, 0.6) is 0 Å². The fraction of sp³-hybridized carbons (Fsp3) is 0.945. The first-order chi connectivity index (χ1) is 39.0. The number of nitrogens with one attached hydrogen (secondary N) is 1. The van der Waals surface area contributed by atoms with Crippen LogP contribution in [0, 0.1) is 0 Å². The van der Waals surface area contributed by atoms with Crippen molar-refractivity contribution in [2.45, 2.75) is 431 Å². The fourth-order valence-corrected chi connectivity index (χ4v) is 11.8. The molecule has 1 amide bonds. The van der Waals surface area contributed by atoms with E-state index in [2.05, 4.69) is 31.3 Å². The fourth-order valence-electron chi connectivity index (χ4n) is 11.8. The van der Waals surface area contributed by atoms with Gasteiger partial charge in [0.15, 0.2) is 0 Å². The molecule has 0 rings (SSSR count). The summed E-state index contributed by atoms with van der Waals surface area (Å²) in [5, 5.41) is 23.4. The van der Waals surface area contributed by atoms with Gasteiger partial charge in [0.05, 0.1) is 25.4 Å². The van der Waals surface area contributed by atoms with Gasteiger partial charge in [0.25, 0.3) is 0 Å². The Kier molecular flexibility index (Phi) is 67.9. The van der Waals surface area contributed by atoms with Gasteiger partial charge in [0, 0.05) is 12.8 Å². The highest BCUT2D eigenvalue weighted by Gasteiger charge is 2.20. The van der Waals surface area contributed by atoms with Crippen molar-refractivity contribution >= 4 is 11.9 Å². The van der Waals surface area contributed by atoms with E-state index in [0.29, 0.717) is 25.9 Å². The second-order valence-corrected chi connectivity index (χ2v) is 25.3. The van der Waals surface area contributed by atoms with E-state index in [4.69, 9.17) is 4.74 Å². The number of carbonyl (C=O) groups excluding carboxylic acids is 2. The van der Waals surface area contributed by atoms with Crippen LogP contribution in [-0.2, 0) is 14.3 Å². The lowest BCUT2D eigenvalue weighted by atomic mass is 10.0. The van der Waals surface area contributed by atoms with Gasteiger partial charge in [-0.25, -0.2) is 0 Å². The molecule has 0 aliphatic rings. The van der Waals surface area contributed by atoms with E-state index in [1.54, 1.807) is 0 Å². The van der Waals surface area contributed by atoms with Crippen LogP contribution in [0.15, 0.2) is 12.2 Å². The minimum Gasteiger partial charge on any atom is -0.466 e. The third-order valence-electron chi connectivity index (χ3n) is 17.3. The highest BCUT2D eigenvalue weighted by Crippen LogP contribution is 2.19. The quantitative estimate of drug-likeness (QED) is 0.0320. The lowest BCUT2D eigenvalue weighted by Crippen LogP contribution is -2.45. The average molecular weight is 1110 g/mol. The summed E-state index contributed by atoms with van der Waals surface area (Å²) in [5.41, 5.74) is 0. The number of hydrogen-bond donors (Lipinski definition) is 3. The molecule has 0 aliphatic heterocycles. The van der Waals surface area contributed by atoms with Gasteiger partial charge in [-0.15, -0.1) is 0 Å². The Bertz CT molecular complexity index is 1190. The summed E-state index contributed by atoms with van der Waals surface area (Å²) < 4.78 is 5.50. The maximum Gasteiger partial charge on any atom is 0.305 e. The lowest BCUT2D eigenvalue weighted by Gasteiger charge is -2.22. The maximum atomic E-state index is 12.6. The third-order valence-corrected chi connectivity index (χ3v) is 17.3. The summed E-state index contributed by atoms with van der Waals surface area (Å²) in [6, 6.07) is -0.547. The molecule has 0 aromatic rings. The summed E-state index contributed by atoms with van der Waals surface area (Å²) in [4.78, 5) is 24.6. The van der Waals surface area contributed by atoms with Crippen LogP contribution in [0.25, 0.3) is 0 Å².